The van der Waals surface area contributed by atoms with Gasteiger partial charge in [-0.15, -0.1) is 0 Å². The molecule has 3 nitrogen and oxygen atoms in total. The molecule has 3 aromatic rings. The van der Waals surface area contributed by atoms with Crippen molar-refractivity contribution in [3.63, 3.8) is 0 Å². The lowest BCUT2D eigenvalue weighted by molar-refractivity contribution is -0.131. The number of nitrogens with one attached hydrogen (secondary N) is 1. The normalized spacial score (nSPS) is 27.7. The van der Waals surface area contributed by atoms with Gasteiger partial charge in [0.25, 0.3) is 0 Å². The van der Waals surface area contributed by atoms with Crippen LogP contribution >= 0.6 is 34.8 Å². The fourth-order valence-corrected chi connectivity index (χ4v) is 7.20. The molecule has 1 heterocycles. The molecule has 178 valence electrons. The predicted molar refractivity (Wildman–Crippen MR) is 141 cm³/mol. The quantitative estimate of drug-likeness (QED) is 0.384. The first kappa shape index (κ1) is 24.2. The molecule has 0 radical (unpaired) electrons. The van der Waals surface area contributed by atoms with Crippen LogP contribution in [0.25, 0.3) is 0 Å². The van der Waals surface area contributed by atoms with Crippen LogP contribution in [-0.2, 0) is 11.2 Å². The fraction of sp³-hybridized carbons (Fsp3) is 0.310. The Bertz CT molecular complexity index is 1320. The van der Waals surface area contributed by atoms with E-state index in [4.69, 9.17) is 34.8 Å². The van der Waals surface area contributed by atoms with Gasteiger partial charge in [-0.25, -0.2) is 0 Å². The minimum absolute atomic E-state index is 0.0174. The van der Waals surface area contributed by atoms with Gasteiger partial charge in [-0.2, -0.15) is 5.26 Å². The molecule has 35 heavy (non-hydrogen) atoms. The largest absolute Gasteiger partial charge is 0.353 e. The molecule has 2 fully saturated rings. The van der Waals surface area contributed by atoms with Crippen molar-refractivity contribution in [2.75, 3.05) is 0 Å². The van der Waals surface area contributed by atoms with Crippen LogP contribution in [0.5, 0.6) is 0 Å². The summed E-state index contributed by atoms with van der Waals surface area (Å²) in [6, 6.07) is 23.5. The summed E-state index contributed by atoms with van der Waals surface area (Å²) in [4.78, 5) is 13.6. The summed E-state index contributed by atoms with van der Waals surface area (Å²) in [5.41, 5.74) is 3.25. The lowest BCUT2D eigenvalue weighted by atomic mass is 9.53. The summed E-state index contributed by atoms with van der Waals surface area (Å²) in [6.45, 7) is 2.10. The number of carbonyl (C=O) groups excluding carboxylic acids is 1. The molecule has 6 heteroatoms. The zero-order valence-corrected chi connectivity index (χ0v) is 21.5. The second-order valence-electron chi connectivity index (χ2n) is 9.82. The first-order valence-electron chi connectivity index (χ1n) is 11.8. The molecular formula is C29H25Cl3N2O. The van der Waals surface area contributed by atoms with Gasteiger partial charge >= 0.3 is 0 Å². The highest BCUT2D eigenvalue weighted by atomic mass is 35.5. The molecule has 5 rings (SSSR count). The van der Waals surface area contributed by atoms with Crippen LogP contribution in [0.2, 0.25) is 15.1 Å². The van der Waals surface area contributed by atoms with Crippen molar-refractivity contribution in [3.05, 3.63) is 104 Å². The van der Waals surface area contributed by atoms with Crippen LogP contribution in [0.1, 0.15) is 53.9 Å². The Morgan fingerprint density at radius 1 is 1.03 bits per heavy atom. The number of rotatable bonds is 4. The number of benzene rings is 3. The third kappa shape index (κ3) is 4.33. The van der Waals surface area contributed by atoms with Gasteiger partial charge in [0.15, 0.2) is 0 Å². The number of fused-ring (bicyclic) bond motifs is 1. The first-order chi connectivity index (χ1) is 16.8. The van der Waals surface area contributed by atoms with Crippen LogP contribution in [0, 0.1) is 22.7 Å². The lowest BCUT2D eigenvalue weighted by Gasteiger charge is -2.48. The number of nitriles is 1. The lowest BCUT2D eigenvalue weighted by Crippen LogP contribution is -2.45. The number of hydrogen-bond acceptors (Lipinski definition) is 2. The van der Waals surface area contributed by atoms with Gasteiger partial charge in [-0.05, 0) is 91.1 Å². The summed E-state index contributed by atoms with van der Waals surface area (Å²) < 4.78 is 0. The summed E-state index contributed by atoms with van der Waals surface area (Å²) in [5, 5.41) is 14.6. The zero-order chi connectivity index (χ0) is 24.7. The summed E-state index contributed by atoms with van der Waals surface area (Å²) in [6.07, 6.45) is 2.13. The molecule has 5 atom stereocenters. The predicted octanol–water partition coefficient (Wildman–Crippen LogP) is 7.54. The van der Waals surface area contributed by atoms with Gasteiger partial charge in [0.05, 0.1) is 17.0 Å². The molecule has 1 aliphatic heterocycles. The van der Waals surface area contributed by atoms with Crippen molar-refractivity contribution < 1.29 is 4.79 Å². The molecule has 2 aliphatic rings. The smallest absolute Gasteiger partial charge is 0.227 e. The first-order valence-corrected chi connectivity index (χ1v) is 13.0. The number of amides is 1. The summed E-state index contributed by atoms with van der Waals surface area (Å²) in [7, 11) is 0. The Labute approximate surface area is 221 Å². The van der Waals surface area contributed by atoms with E-state index >= 15 is 0 Å². The standard InChI is InChI=1S/C29H25Cl3N2O/c1-17-27-26(20-5-7-21(30)8-6-20)24(23-10-9-22(31)14-25(23)32)11-12-29(27,28(35)34-17)15-18-3-2-4-19(13-18)16-33/h2-10,13-14,17,24,26-27H,11-12,15H2,1H3,(H,34,35)/t17-,24+,26+,27+,29+/m1/s1. The highest BCUT2D eigenvalue weighted by Gasteiger charge is 2.60. The average Bonchev–Trinajstić information content (AvgIpc) is 3.09. The van der Waals surface area contributed by atoms with Gasteiger partial charge in [0.1, 0.15) is 0 Å². The highest BCUT2D eigenvalue weighted by molar-refractivity contribution is 6.35. The Morgan fingerprint density at radius 3 is 2.49 bits per heavy atom. The van der Waals surface area contributed by atoms with E-state index in [-0.39, 0.29) is 29.7 Å². The average molecular weight is 524 g/mol. The minimum Gasteiger partial charge on any atom is -0.353 e. The second-order valence-corrected chi connectivity index (χ2v) is 11.1. The maximum Gasteiger partial charge on any atom is 0.227 e. The molecule has 1 saturated carbocycles. The van der Waals surface area contributed by atoms with E-state index < -0.39 is 5.41 Å². The Morgan fingerprint density at radius 2 is 1.77 bits per heavy atom. The van der Waals surface area contributed by atoms with Crippen molar-refractivity contribution in [1.29, 1.82) is 5.26 Å². The molecule has 0 bridgehead atoms. The third-order valence-corrected chi connectivity index (χ3v) is 8.72. The Hall–Kier alpha value is -2.51. The van der Waals surface area contributed by atoms with E-state index in [1.165, 1.54) is 0 Å². The van der Waals surface area contributed by atoms with Gasteiger partial charge in [0.2, 0.25) is 5.91 Å². The van der Waals surface area contributed by atoms with Crippen molar-refractivity contribution in [3.8, 4) is 6.07 Å². The van der Waals surface area contributed by atoms with E-state index in [1.807, 2.05) is 42.5 Å². The maximum absolute atomic E-state index is 13.6. The van der Waals surface area contributed by atoms with Crippen LogP contribution < -0.4 is 5.32 Å². The van der Waals surface area contributed by atoms with Gasteiger partial charge in [-0.3, -0.25) is 4.79 Å². The number of halogens is 3. The van der Waals surface area contributed by atoms with Crippen LogP contribution in [0.15, 0.2) is 66.7 Å². The third-order valence-electron chi connectivity index (χ3n) is 7.90. The summed E-state index contributed by atoms with van der Waals surface area (Å²) >= 11 is 19.2. The van der Waals surface area contributed by atoms with E-state index in [1.54, 1.807) is 12.1 Å². The molecule has 0 aromatic heterocycles. The molecule has 1 amide bonds. The number of hydrogen-bond donors (Lipinski definition) is 1. The highest BCUT2D eigenvalue weighted by Crippen LogP contribution is 2.60. The van der Waals surface area contributed by atoms with Crippen LogP contribution in [0.4, 0.5) is 0 Å². The Balaban J connectivity index is 1.64. The molecule has 3 aromatic carbocycles. The zero-order valence-electron chi connectivity index (χ0n) is 19.3. The Kier molecular flexibility index (Phi) is 6.57. The topological polar surface area (TPSA) is 52.9 Å². The number of carbonyl (C=O) groups is 1. The molecule has 1 N–H and O–H groups in total. The monoisotopic (exact) mass is 522 g/mol. The molecule has 1 saturated heterocycles. The van der Waals surface area contributed by atoms with Crippen molar-refractivity contribution in [2.45, 2.75) is 44.1 Å². The molecule has 0 spiro atoms. The second kappa shape index (κ2) is 9.51. The van der Waals surface area contributed by atoms with Crippen LogP contribution in [-0.4, -0.2) is 11.9 Å². The SMILES string of the molecule is C[C@H]1NC(=O)[C@]2(Cc3cccc(C#N)c3)CC[C@@H](c3ccc(Cl)cc3Cl)[C@H](c3ccc(Cl)cc3)[C@H]12. The van der Waals surface area contributed by atoms with E-state index in [9.17, 15) is 10.1 Å². The minimum atomic E-state index is -0.576. The van der Waals surface area contributed by atoms with E-state index in [0.29, 0.717) is 27.1 Å². The van der Waals surface area contributed by atoms with Crippen LogP contribution in [0.3, 0.4) is 0 Å². The fourth-order valence-electron chi connectivity index (χ4n) is 6.53. The summed E-state index contributed by atoms with van der Waals surface area (Å²) in [5.74, 6) is 0.303. The molecule has 0 unspecified atom stereocenters. The van der Waals surface area contributed by atoms with Gasteiger partial charge < -0.3 is 5.32 Å². The van der Waals surface area contributed by atoms with Gasteiger partial charge in [-0.1, -0.05) is 65.1 Å². The van der Waals surface area contributed by atoms with Crippen molar-refractivity contribution >= 4 is 40.7 Å². The van der Waals surface area contributed by atoms with Crippen molar-refractivity contribution in [1.82, 2.24) is 5.32 Å². The van der Waals surface area contributed by atoms with E-state index in [0.717, 1.165) is 29.5 Å². The maximum atomic E-state index is 13.6. The van der Waals surface area contributed by atoms with Gasteiger partial charge in [0, 0.05) is 27.0 Å². The molecular weight excluding hydrogens is 499 g/mol. The number of nitrogens with zero attached hydrogens (tertiary/aromatic N) is 1. The van der Waals surface area contributed by atoms with Crippen molar-refractivity contribution in [2.24, 2.45) is 11.3 Å². The van der Waals surface area contributed by atoms with E-state index in [2.05, 4.69) is 30.4 Å². The molecule has 1 aliphatic carbocycles.